The van der Waals surface area contributed by atoms with Gasteiger partial charge in [0.15, 0.2) is 0 Å². The van der Waals surface area contributed by atoms with Crippen LogP contribution in [0.4, 0.5) is 5.69 Å². The highest BCUT2D eigenvalue weighted by atomic mass is 15.0. The van der Waals surface area contributed by atoms with E-state index in [1.54, 1.807) is 0 Å². The average Bonchev–Trinajstić information content (AvgIpc) is 2.68. The van der Waals surface area contributed by atoms with Gasteiger partial charge < -0.3 is 0 Å². The minimum absolute atomic E-state index is 0.880. The number of rotatable bonds is 2. The lowest BCUT2D eigenvalue weighted by atomic mass is 10.1. The lowest BCUT2D eigenvalue weighted by Crippen LogP contribution is -2.73. The average molecular weight is 251 g/mol. The molecule has 0 fully saturated rings. The fourth-order valence-electron chi connectivity index (χ4n) is 2.48. The van der Waals surface area contributed by atoms with Gasteiger partial charge in [-0.25, -0.2) is 5.32 Å². The third-order valence-electron chi connectivity index (χ3n) is 3.52. The van der Waals surface area contributed by atoms with Crippen LogP contribution in [-0.2, 0) is 13.0 Å². The molecular weight excluding hydrogens is 232 g/mol. The number of aryl methyl sites for hydroxylation is 1. The topological polar surface area (TPSA) is 26.0 Å². The van der Waals surface area contributed by atoms with Crippen LogP contribution in [0.3, 0.4) is 0 Å². The predicted octanol–water partition coefficient (Wildman–Crippen LogP) is 2.11. The summed E-state index contributed by atoms with van der Waals surface area (Å²) in [6.45, 7) is 0.880. The van der Waals surface area contributed by atoms with Crippen LogP contribution in [0.2, 0.25) is 0 Å². The molecule has 2 aromatic rings. The third kappa shape index (κ3) is 3.02. The molecule has 0 spiro atoms. The van der Waals surface area contributed by atoms with Crippen molar-refractivity contribution in [2.75, 3.05) is 5.32 Å². The van der Waals surface area contributed by atoms with Gasteiger partial charge >= 0.3 is 0 Å². The molecule has 2 nitrogen and oxygen atoms in total. The molecule has 19 heavy (non-hydrogen) atoms. The number of fused-ring (bicyclic) bond motifs is 1. The van der Waals surface area contributed by atoms with E-state index < -0.39 is 0 Å². The first kappa shape index (κ1) is 12.0. The number of benzene rings is 2. The van der Waals surface area contributed by atoms with Crippen molar-refractivity contribution in [1.82, 2.24) is 0 Å². The first-order chi connectivity index (χ1) is 9.42. The second-order valence-electron chi connectivity index (χ2n) is 4.95. The molecule has 3 rings (SSSR count). The van der Waals surface area contributed by atoms with Gasteiger partial charge in [0.1, 0.15) is 12.2 Å². The molecule has 1 aliphatic rings. The standard InChI is InChI=1S/C17H18N2/c1-2-7-14(8-3-1)13-18-17-12-6-10-15-9-4-5-11-16(15)19-17/h1-5,7-9,11H,6,10,12-13H2,(H,18,19)/p+1. The highest BCUT2D eigenvalue weighted by Crippen LogP contribution is 2.20. The van der Waals surface area contributed by atoms with E-state index in [9.17, 15) is 0 Å². The lowest BCUT2D eigenvalue weighted by molar-refractivity contribution is -0.476. The molecule has 0 unspecified atom stereocenters. The largest absolute Gasteiger partial charge is 0.274 e. The summed E-state index contributed by atoms with van der Waals surface area (Å²) >= 11 is 0. The summed E-state index contributed by atoms with van der Waals surface area (Å²) in [5.41, 5.74) is 3.98. The Kier molecular flexibility index (Phi) is 3.59. The minimum atomic E-state index is 0.880. The van der Waals surface area contributed by atoms with Crippen molar-refractivity contribution in [2.24, 2.45) is 0 Å². The Morgan fingerprint density at radius 3 is 2.58 bits per heavy atom. The maximum Gasteiger partial charge on any atom is 0.247 e. The van der Waals surface area contributed by atoms with Crippen molar-refractivity contribution in [3.8, 4) is 0 Å². The van der Waals surface area contributed by atoms with Crippen LogP contribution in [0.15, 0.2) is 54.6 Å². The molecule has 0 aromatic heterocycles. The van der Waals surface area contributed by atoms with Gasteiger partial charge in [-0.3, -0.25) is 4.99 Å². The first-order valence-electron chi connectivity index (χ1n) is 6.90. The number of anilines is 1. The Balaban J connectivity index is 1.75. The smallest absolute Gasteiger partial charge is 0.247 e. The van der Waals surface area contributed by atoms with Gasteiger partial charge in [-0.1, -0.05) is 48.5 Å². The molecule has 0 saturated carbocycles. The van der Waals surface area contributed by atoms with E-state index in [0.717, 1.165) is 19.4 Å². The molecule has 0 aliphatic carbocycles. The molecule has 0 amide bonds. The number of hydrogen-bond donors (Lipinski definition) is 2. The number of nitrogens with one attached hydrogen (secondary N) is 2. The minimum Gasteiger partial charge on any atom is -0.274 e. The maximum atomic E-state index is 3.54. The zero-order valence-corrected chi connectivity index (χ0v) is 11.0. The predicted molar refractivity (Wildman–Crippen MR) is 79.1 cm³/mol. The molecule has 1 aliphatic heterocycles. The van der Waals surface area contributed by atoms with E-state index in [-0.39, 0.29) is 0 Å². The van der Waals surface area contributed by atoms with Crippen molar-refractivity contribution >= 4 is 11.5 Å². The fourth-order valence-corrected chi connectivity index (χ4v) is 2.48. The maximum absolute atomic E-state index is 3.54. The molecule has 2 heteroatoms. The van der Waals surface area contributed by atoms with E-state index in [4.69, 9.17) is 0 Å². The van der Waals surface area contributed by atoms with Gasteiger partial charge in [-0.2, -0.15) is 0 Å². The summed E-state index contributed by atoms with van der Waals surface area (Å²) in [6.07, 6.45) is 3.43. The summed E-state index contributed by atoms with van der Waals surface area (Å²) in [6, 6.07) is 19.1. The number of para-hydroxylation sites is 1. The summed E-state index contributed by atoms with van der Waals surface area (Å²) in [5.74, 6) is 1.23. The number of amidine groups is 1. The number of hydrogen-bond acceptors (Lipinski definition) is 0. The van der Waals surface area contributed by atoms with E-state index in [2.05, 4.69) is 64.9 Å². The van der Waals surface area contributed by atoms with Crippen LogP contribution < -0.4 is 10.3 Å². The Hall–Kier alpha value is -2.09. The Morgan fingerprint density at radius 2 is 1.68 bits per heavy atom. The van der Waals surface area contributed by atoms with Gasteiger partial charge in [0, 0.05) is 6.42 Å². The van der Waals surface area contributed by atoms with Crippen molar-refractivity contribution in [2.45, 2.75) is 25.8 Å². The molecule has 0 atom stereocenters. The van der Waals surface area contributed by atoms with Gasteiger partial charge in [0.2, 0.25) is 5.84 Å². The van der Waals surface area contributed by atoms with Gasteiger partial charge in [-0.15, -0.1) is 0 Å². The summed E-state index contributed by atoms with van der Waals surface area (Å²) in [5, 5.41) is 3.54. The van der Waals surface area contributed by atoms with Crippen molar-refractivity contribution in [3.63, 3.8) is 0 Å². The zero-order chi connectivity index (χ0) is 12.9. The van der Waals surface area contributed by atoms with Crippen molar-refractivity contribution < 1.29 is 4.99 Å². The zero-order valence-electron chi connectivity index (χ0n) is 11.0. The Bertz CT molecular complexity index is 573. The second-order valence-corrected chi connectivity index (χ2v) is 4.95. The molecule has 0 radical (unpaired) electrons. The molecule has 2 N–H and O–H groups in total. The van der Waals surface area contributed by atoms with Crippen LogP contribution in [-0.4, -0.2) is 5.84 Å². The summed E-state index contributed by atoms with van der Waals surface area (Å²) < 4.78 is 0. The Labute approximate surface area is 114 Å². The lowest BCUT2D eigenvalue weighted by Gasteiger charge is -2.02. The van der Waals surface area contributed by atoms with E-state index >= 15 is 0 Å². The molecular formula is C17H19N2+. The third-order valence-corrected chi connectivity index (χ3v) is 3.52. The molecule has 2 aromatic carbocycles. The van der Waals surface area contributed by atoms with Crippen LogP contribution in [0.5, 0.6) is 0 Å². The second kappa shape index (κ2) is 5.70. The van der Waals surface area contributed by atoms with E-state index in [0.29, 0.717) is 0 Å². The van der Waals surface area contributed by atoms with Gasteiger partial charge in [0.25, 0.3) is 0 Å². The van der Waals surface area contributed by atoms with Crippen molar-refractivity contribution in [1.29, 1.82) is 0 Å². The molecule has 1 heterocycles. The van der Waals surface area contributed by atoms with Gasteiger partial charge in [0.05, 0.1) is 0 Å². The Morgan fingerprint density at radius 1 is 0.895 bits per heavy atom. The summed E-state index contributed by atoms with van der Waals surface area (Å²) in [7, 11) is 0. The van der Waals surface area contributed by atoms with Crippen LogP contribution in [0.1, 0.15) is 24.0 Å². The SMILES string of the molecule is c1ccc(C[NH+]=C2CCCc3ccccc3N2)cc1. The van der Waals surface area contributed by atoms with Crippen molar-refractivity contribution in [3.05, 3.63) is 65.7 Å². The van der Waals surface area contributed by atoms with Crippen LogP contribution in [0, 0.1) is 0 Å². The quantitative estimate of drug-likeness (QED) is 0.840. The highest BCUT2D eigenvalue weighted by molar-refractivity contribution is 5.92. The first-order valence-corrected chi connectivity index (χ1v) is 6.90. The van der Waals surface area contributed by atoms with E-state index in [1.807, 2.05) is 0 Å². The monoisotopic (exact) mass is 251 g/mol. The molecule has 96 valence electrons. The fraction of sp³-hybridized carbons (Fsp3) is 0.235. The van der Waals surface area contributed by atoms with Gasteiger partial charge in [-0.05, 0) is 30.0 Å². The highest BCUT2D eigenvalue weighted by Gasteiger charge is 2.15. The normalized spacial score (nSPS) is 16.5. The molecule has 0 saturated heterocycles. The van der Waals surface area contributed by atoms with E-state index in [1.165, 1.54) is 29.1 Å². The van der Waals surface area contributed by atoms with Crippen LogP contribution in [0.25, 0.3) is 0 Å². The van der Waals surface area contributed by atoms with Crippen LogP contribution >= 0.6 is 0 Å². The summed E-state index contributed by atoms with van der Waals surface area (Å²) in [4.78, 5) is 3.52. The molecule has 0 bridgehead atoms.